The van der Waals surface area contributed by atoms with Crippen LogP contribution in [0.5, 0.6) is 0 Å². The van der Waals surface area contributed by atoms with Crippen molar-refractivity contribution in [2.75, 3.05) is 13.1 Å². The van der Waals surface area contributed by atoms with Crippen molar-refractivity contribution < 1.29 is 14.7 Å². The lowest BCUT2D eigenvalue weighted by Crippen LogP contribution is -2.45. The highest BCUT2D eigenvalue weighted by Crippen LogP contribution is 2.31. The van der Waals surface area contributed by atoms with Crippen molar-refractivity contribution in [1.29, 1.82) is 0 Å². The Morgan fingerprint density at radius 2 is 2.06 bits per heavy atom. The van der Waals surface area contributed by atoms with Gasteiger partial charge in [0.05, 0.1) is 5.41 Å². The van der Waals surface area contributed by atoms with Gasteiger partial charge in [0.2, 0.25) is 0 Å². The molecule has 0 atom stereocenters. The summed E-state index contributed by atoms with van der Waals surface area (Å²) in [7, 11) is 0. The molecule has 0 aliphatic carbocycles. The zero-order valence-corrected chi connectivity index (χ0v) is 10.6. The number of rotatable bonds is 2. The number of likely N-dealkylation sites (tertiary alicyclic amines) is 1. The molecule has 0 bridgehead atoms. The topological polar surface area (TPSA) is 86.3 Å². The Bertz CT molecular complexity index is 473. The second-order valence-electron chi connectivity index (χ2n) is 5.09. The highest BCUT2D eigenvalue weighted by atomic mass is 16.4. The molecule has 6 nitrogen and oxygen atoms in total. The molecule has 0 spiro atoms. The van der Waals surface area contributed by atoms with Crippen LogP contribution in [-0.4, -0.2) is 45.2 Å². The van der Waals surface area contributed by atoms with Crippen LogP contribution in [0.3, 0.4) is 0 Å². The zero-order chi connectivity index (χ0) is 13.3. The molecule has 18 heavy (non-hydrogen) atoms. The lowest BCUT2D eigenvalue weighted by molar-refractivity contribution is -0.150. The molecule has 2 rings (SSSR count). The van der Waals surface area contributed by atoms with Crippen molar-refractivity contribution >= 4 is 11.9 Å². The molecule has 1 aromatic rings. The number of hydrogen-bond acceptors (Lipinski definition) is 3. The first-order valence-electron chi connectivity index (χ1n) is 5.97. The minimum absolute atomic E-state index is 0.133. The number of carboxylic acids is 1. The summed E-state index contributed by atoms with van der Waals surface area (Å²) in [6, 6.07) is 1.70. The van der Waals surface area contributed by atoms with Gasteiger partial charge in [-0.1, -0.05) is 0 Å². The second kappa shape index (κ2) is 4.44. The Balaban J connectivity index is 2.02. The predicted molar refractivity (Wildman–Crippen MR) is 64.2 cm³/mol. The number of H-pyrrole nitrogens is 1. The molecule has 1 saturated heterocycles. The molecule has 1 aliphatic rings. The average Bonchev–Trinajstić information content (AvgIpc) is 2.76. The van der Waals surface area contributed by atoms with E-state index in [0.29, 0.717) is 31.6 Å². The number of piperidine rings is 1. The van der Waals surface area contributed by atoms with Crippen molar-refractivity contribution in [3.05, 3.63) is 17.5 Å². The predicted octanol–water partition coefficient (Wildman–Crippen LogP) is 1.05. The van der Waals surface area contributed by atoms with Gasteiger partial charge in [0.15, 0.2) is 0 Å². The summed E-state index contributed by atoms with van der Waals surface area (Å²) in [5, 5.41) is 15.8. The highest BCUT2D eigenvalue weighted by Gasteiger charge is 2.38. The first kappa shape index (κ1) is 12.6. The van der Waals surface area contributed by atoms with Crippen LogP contribution in [-0.2, 0) is 4.79 Å². The number of aryl methyl sites for hydroxylation is 1. The molecule has 6 heteroatoms. The van der Waals surface area contributed by atoms with Gasteiger partial charge in [-0.15, -0.1) is 0 Å². The molecule has 1 amide bonds. The van der Waals surface area contributed by atoms with E-state index in [1.54, 1.807) is 17.9 Å². The summed E-state index contributed by atoms with van der Waals surface area (Å²) >= 11 is 0. The number of aromatic amines is 1. The quantitative estimate of drug-likeness (QED) is 0.822. The fourth-order valence-corrected chi connectivity index (χ4v) is 2.11. The van der Waals surface area contributed by atoms with E-state index in [4.69, 9.17) is 5.11 Å². The molecule has 98 valence electrons. The second-order valence-corrected chi connectivity index (χ2v) is 5.09. The number of carboxylic acid groups (broad SMARTS) is 1. The molecular formula is C12H17N3O3. The van der Waals surface area contributed by atoms with Crippen LogP contribution in [0.2, 0.25) is 0 Å². The Labute approximate surface area is 105 Å². The minimum Gasteiger partial charge on any atom is -0.481 e. The van der Waals surface area contributed by atoms with Gasteiger partial charge in [0.1, 0.15) is 5.69 Å². The normalized spacial score (nSPS) is 18.7. The molecular weight excluding hydrogens is 234 g/mol. The molecule has 2 heterocycles. The molecule has 0 saturated carbocycles. The summed E-state index contributed by atoms with van der Waals surface area (Å²) in [6.07, 6.45) is 0.967. The van der Waals surface area contributed by atoms with E-state index in [-0.39, 0.29) is 5.91 Å². The number of carbonyl (C=O) groups is 2. The van der Waals surface area contributed by atoms with E-state index in [1.807, 2.05) is 6.92 Å². The van der Waals surface area contributed by atoms with Gasteiger partial charge < -0.3 is 10.0 Å². The molecule has 0 radical (unpaired) electrons. The van der Waals surface area contributed by atoms with Gasteiger partial charge in [0.25, 0.3) is 5.91 Å². The van der Waals surface area contributed by atoms with Crippen LogP contribution in [0.25, 0.3) is 0 Å². The van der Waals surface area contributed by atoms with Crippen LogP contribution in [0.1, 0.15) is 35.9 Å². The minimum atomic E-state index is -0.787. The maximum absolute atomic E-state index is 12.1. The number of aliphatic carboxylic acids is 1. The number of aromatic nitrogens is 2. The lowest BCUT2D eigenvalue weighted by Gasteiger charge is -2.36. The third-order valence-corrected chi connectivity index (χ3v) is 3.60. The highest BCUT2D eigenvalue weighted by molar-refractivity contribution is 5.92. The smallest absolute Gasteiger partial charge is 0.309 e. The molecule has 1 aromatic heterocycles. The molecule has 1 aliphatic heterocycles. The standard InChI is InChI=1S/C12H17N3O3/c1-8-7-9(14-13-8)10(16)15-5-3-12(2,4-6-15)11(17)18/h7H,3-6H2,1-2H3,(H,13,14)(H,17,18). The number of nitrogens with one attached hydrogen (secondary N) is 1. The average molecular weight is 251 g/mol. The molecule has 2 N–H and O–H groups in total. The molecule has 0 aromatic carbocycles. The Kier molecular flexibility index (Phi) is 3.11. The number of amides is 1. The number of nitrogens with zero attached hydrogens (tertiary/aromatic N) is 2. The maximum atomic E-state index is 12.1. The van der Waals surface area contributed by atoms with Crippen molar-refractivity contribution in [3.63, 3.8) is 0 Å². The van der Waals surface area contributed by atoms with E-state index >= 15 is 0 Å². The third-order valence-electron chi connectivity index (χ3n) is 3.60. The van der Waals surface area contributed by atoms with Gasteiger partial charge in [-0.3, -0.25) is 14.7 Å². The Morgan fingerprint density at radius 1 is 1.44 bits per heavy atom. The van der Waals surface area contributed by atoms with E-state index in [2.05, 4.69) is 10.2 Å². The molecule has 0 unspecified atom stereocenters. The number of hydrogen-bond donors (Lipinski definition) is 2. The van der Waals surface area contributed by atoms with E-state index < -0.39 is 11.4 Å². The first-order chi connectivity index (χ1) is 8.42. The SMILES string of the molecule is Cc1cc(C(=O)N2CCC(C)(C(=O)O)CC2)n[nH]1. The maximum Gasteiger partial charge on any atom is 0.309 e. The van der Waals surface area contributed by atoms with Crippen molar-refractivity contribution in [2.24, 2.45) is 5.41 Å². The first-order valence-corrected chi connectivity index (χ1v) is 5.97. The third kappa shape index (κ3) is 2.23. The van der Waals surface area contributed by atoms with Crippen LogP contribution >= 0.6 is 0 Å². The monoisotopic (exact) mass is 251 g/mol. The summed E-state index contributed by atoms with van der Waals surface area (Å²) < 4.78 is 0. The molecule has 1 fully saturated rings. The van der Waals surface area contributed by atoms with Crippen LogP contribution in [0.15, 0.2) is 6.07 Å². The van der Waals surface area contributed by atoms with Crippen molar-refractivity contribution in [1.82, 2.24) is 15.1 Å². The Morgan fingerprint density at radius 3 is 2.50 bits per heavy atom. The summed E-state index contributed by atoms with van der Waals surface area (Å²) in [4.78, 5) is 24.9. The van der Waals surface area contributed by atoms with Crippen LogP contribution in [0, 0.1) is 12.3 Å². The van der Waals surface area contributed by atoms with Crippen molar-refractivity contribution in [3.8, 4) is 0 Å². The zero-order valence-electron chi connectivity index (χ0n) is 10.6. The van der Waals surface area contributed by atoms with Gasteiger partial charge in [0, 0.05) is 18.8 Å². The fourth-order valence-electron chi connectivity index (χ4n) is 2.11. The van der Waals surface area contributed by atoms with Gasteiger partial charge >= 0.3 is 5.97 Å². The van der Waals surface area contributed by atoms with E-state index in [0.717, 1.165) is 5.69 Å². The summed E-state index contributed by atoms with van der Waals surface area (Å²) in [6.45, 7) is 4.50. The van der Waals surface area contributed by atoms with E-state index in [1.165, 1.54) is 0 Å². The largest absolute Gasteiger partial charge is 0.481 e. The number of carbonyl (C=O) groups excluding carboxylic acids is 1. The lowest BCUT2D eigenvalue weighted by atomic mass is 9.80. The van der Waals surface area contributed by atoms with E-state index in [9.17, 15) is 9.59 Å². The fraction of sp³-hybridized carbons (Fsp3) is 0.583. The van der Waals surface area contributed by atoms with Gasteiger partial charge in [-0.2, -0.15) is 5.10 Å². The summed E-state index contributed by atoms with van der Waals surface area (Å²) in [5.74, 6) is -0.919. The van der Waals surface area contributed by atoms with Crippen molar-refractivity contribution in [2.45, 2.75) is 26.7 Å². The summed E-state index contributed by atoms with van der Waals surface area (Å²) in [5.41, 5.74) is 0.523. The van der Waals surface area contributed by atoms with Crippen LogP contribution in [0.4, 0.5) is 0 Å². The van der Waals surface area contributed by atoms with Gasteiger partial charge in [-0.25, -0.2) is 0 Å². The van der Waals surface area contributed by atoms with Crippen LogP contribution < -0.4 is 0 Å². The van der Waals surface area contributed by atoms with Gasteiger partial charge in [-0.05, 0) is 32.8 Å². The Hall–Kier alpha value is -1.85.